The summed E-state index contributed by atoms with van der Waals surface area (Å²) in [6, 6.07) is 28.4. The average Bonchev–Trinajstić information content (AvgIpc) is 3.14. The van der Waals surface area contributed by atoms with Crippen molar-refractivity contribution in [1.82, 2.24) is 5.32 Å². The molecule has 5 amide bonds. The van der Waals surface area contributed by atoms with Crippen LogP contribution in [0, 0.1) is 0 Å². The average molecular weight is 682 g/mol. The van der Waals surface area contributed by atoms with E-state index in [9.17, 15) is 24.0 Å². The second-order valence-corrected chi connectivity index (χ2v) is 10.9. The molecule has 0 saturated heterocycles. The minimum absolute atomic E-state index is 0.0297. The minimum Gasteiger partial charge on any atom is -0.495 e. The van der Waals surface area contributed by atoms with E-state index >= 15 is 0 Å². The molecule has 260 valence electrons. The van der Waals surface area contributed by atoms with Gasteiger partial charge in [-0.05, 0) is 54.1 Å². The first-order valence-electron chi connectivity index (χ1n) is 15.5. The van der Waals surface area contributed by atoms with Crippen molar-refractivity contribution in [3.63, 3.8) is 0 Å². The van der Waals surface area contributed by atoms with E-state index in [2.05, 4.69) is 10.6 Å². The zero-order chi connectivity index (χ0) is 36.0. The first-order valence-corrected chi connectivity index (χ1v) is 15.5. The zero-order valence-electron chi connectivity index (χ0n) is 28.3. The Morgan fingerprint density at radius 3 is 2.14 bits per heavy atom. The molecule has 0 spiro atoms. The molecular weight excluding hydrogens is 642 g/mol. The van der Waals surface area contributed by atoms with Crippen molar-refractivity contribution < 1.29 is 38.2 Å². The van der Waals surface area contributed by atoms with Crippen LogP contribution in [0.15, 0.2) is 103 Å². The molecule has 50 heavy (non-hydrogen) atoms. The smallest absolute Gasteiger partial charge is 0.319 e. The summed E-state index contributed by atoms with van der Waals surface area (Å²) < 4.78 is 15.9. The van der Waals surface area contributed by atoms with Gasteiger partial charge in [-0.2, -0.15) is 0 Å². The van der Waals surface area contributed by atoms with Gasteiger partial charge >= 0.3 is 12.0 Å². The molecule has 4 rings (SSSR count). The maximum Gasteiger partial charge on any atom is 0.319 e. The molecule has 13 heteroatoms. The van der Waals surface area contributed by atoms with Gasteiger partial charge in [0.2, 0.25) is 11.8 Å². The lowest BCUT2D eigenvalue weighted by Gasteiger charge is -2.26. The highest BCUT2D eigenvalue weighted by Gasteiger charge is 2.23. The summed E-state index contributed by atoms with van der Waals surface area (Å²) in [5.41, 5.74) is 2.55. The Labute approximate surface area is 290 Å². The topological polar surface area (TPSA) is 147 Å². The highest BCUT2D eigenvalue weighted by atomic mass is 16.5. The maximum atomic E-state index is 13.6. The Kier molecular flexibility index (Phi) is 12.9. The highest BCUT2D eigenvalue weighted by molar-refractivity contribution is 6.05. The highest BCUT2D eigenvalue weighted by Crippen LogP contribution is 2.27. The van der Waals surface area contributed by atoms with Crippen LogP contribution in [0.2, 0.25) is 0 Å². The summed E-state index contributed by atoms with van der Waals surface area (Å²) in [6.45, 7) is -1.13. The molecule has 4 aromatic rings. The third-order valence-corrected chi connectivity index (χ3v) is 7.59. The largest absolute Gasteiger partial charge is 0.495 e. The molecule has 0 atom stereocenters. The van der Waals surface area contributed by atoms with Gasteiger partial charge in [0.05, 0.1) is 32.9 Å². The van der Waals surface area contributed by atoms with Gasteiger partial charge in [0.1, 0.15) is 18.0 Å². The number of likely N-dealkylation sites (N-methyl/N-ethyl adjacent to an activating group) is 2. The number of para-hydroxylation sites is 3. The number of nitrogens with zero attached hydrogens (tertiary/aromatic N) is 3. The molecule has 0 aliphatic heterocycles. The van der Waals surface area contributed by atoms with Crippen molar-refractivity contribution in [2.45, 2.75) is 6.42 Å². The molecule has 0 aromatic heterocycles. The fourth-order valence-electron chi connectivity index (χ4n) is 4.81. The van der Waals surface area contributed by atoms with E-state index in [4.69, 9.17) is 14.2 Å². The van der Waals surface area contributed by atoms with Gasteiger partial charge in [-0.25, -0.2) is 4.79 Å². The Bertz CT molecular complexity index is 1820. The van der Waals surface area contributed by atoms with Crippen molar-refractivity contribution in [1.29, 1.82) is 0 Å². The van der Waals surface area contributed by atoms with Crippen LogP contribution in [0.1, 0.15) is 5.56 Å². The van der Waals surface area contributed by atoms with Crippen LogP contribution in [-0.4, -0.2) is 77.7 Å². The number of methoxy groups -OCH3 is 2. The summed E-state index contributed by atoms with van der Waals surface area (Å²) in [4.78, 5) is 68.5. The van der Waals surface area contributed by atoms with Crippen LogP contribution in [0.4, 0.5) is 27.5 Å². The van der Waals surface area contributed by atoms with Crippen LogP contribution in [0.3, 0.4) is 0 Å². The van der Waals surface area contributed by atoms with Crippen LogP contribution in [0.25, 0.3) is 0 Å². The van der Waals surface area contributed by atoms with E-state index in [1.807, 2.05) is 6.07 Å². The molecule has 0 bridgehead atoms. The monoisotopic (exact) mass is 681 g/mol. The fourth-order valence-corrected chi connectivity index (χ4v) is 4.81. The predicted octanol–water partition coefficient (Wildman–Crippen LogP) is 4.27. The van der Waals surface area contributed by atoms with E-state index in [-0.39, 0.29) is 31.2 Å². The second kappa shape index (κ2) is 17.7. The molecular formula is C37H39N5O8. The molecule has 4 aromatic carbocycles. The molecule has 13 nitrogen and oxygen atoms in total. The summed E-state index contributed by atoms with van der Waals surface area (Å²) in [5.74, 6) is -0.943. The Balaban J connectivity index is 1.47. The molecule has 0 heterocycles. The fraction of sp³-hybridized carbons (Fsp3) is 0.216. The summed E-state index contributed by atoms with van der Waals surface area (Å²) in [6.07, 6.45) is 0.0297. The van der Waals surface area contributed by atoms with Crippen LogP contribution < -0.4 is 34.8 Å². The number of urea groups is 1. The lowest BCUT2D eigenvalue weighted by atomic mass is 10.1. The number of hydrogen-bond donors (Lipinski definition) is 2. The normalized spacial score (nSPS) is 10.3. The summed E-state index contributed by atoms with van der Waals surface area (Å²) in [5, 5.41) is 5.17. The van der Waals surface area contributed by atoms with E-state index in [0.717, 1.165) is 0 Å². The SMILES string of the molecule is COC(=O)Cc1cccc(NC(=O)NCC(=O)N(CC(=O)N(C)c2ccccc2)c2cccc(OCC(=O)N(C)c3ccccc3OC)c2)c1. The van der Waals surface area contributed by atoms with Crippen molar-refractivity contribution in [2.24, 2.45) is 0 Å². The summed E-state index contributed by atoms with van der Waals surface area (Å²) >= 11 is 0. The van der Waals surface area contributed by atoms with Gasteiger partial charge in [-0.3, -0.25) is 19.2 Å². The van der Waals surface area contributed by atoms with Gasteiger partial charge < -0.3 is 39.5 Å². The molecule has 2 N–H and O–H groups in total. The third-order valence-electron chi connectivity index (χ3n) is 7.59. The lowest BCUT2D eigenvalue weighted by molar-refractivity contribution is -0.139. The molecule has 0 aliphatic carbocycles. The number of carbonyl (C=O) groups excluding carboxylic acids is 5. The molecule has 0 radical (unpaired) electrons. The molecule has 0 fully saturated rings. The third kappa shape index (κ3) is 10.1. The lowest BCUT2D eigenvalue weighted by Crippen LogP contribution is -2.46. The van der Waals surface area contributed by atoms with E-state index in [1.54, 1.807) is 105 Å². The predicted molar refractivity (Wildman–Crippen MR) is 190 cm³/mol. The first-order chi connectivity index (χ1) is 24.1. The van der Waals surface area contributed by atoms with Crippen molar-refractivity contribution in [2.75, 3.05) is 68.0 Å². The number of ether oxygens (including phenoxy) is 3. The van der Waals surface area contributed by atoms with Gasteiger partial charge in [0.15, 0.2) is 6.61 Å². The van der Waals surface area contributed by atoms with E-state index in [1.165, 1.54) is 35.0 Å². The minimum atomic E-state index is -0.670. The number of nitrogens with one attached hydrogen (secondary N) is 2. The molecule has 0 unspecified atom stereocenters. The van der Waals surface area contributed by atoms with Crippen LogP contribution >= 0.6 is 0 Å². The standard InChI is InChI=1S/C37H39N5O8/c1-40(28-14-6-5-7-15-28)34(44)24-42(33(43)23-38-37(47)39-27-13-10-12-26(20-27)21-36(46)49-4)29-16-11-17-30(22-29)50-25-35(45)41(2)31-18-8-9-19-32(31)48-3/h5-20,22H,21,23-25H2,1-4H3,(H2,38,39,47). The van der Waals surface area contributed by atoms with E-state index < -0.39 is 30.4 Å². The van der Waals surface area contributed by atoms with E-state index in [0.29, 0.717) is 34.1 Å². The number of hydrogen-bond acceptors (Lipinski definition) is 8. The van der Waals surface area contributed by atoms with Crippen LogP contribution in [0.5, 0.6) is 11.5 Å². The Morgan fingerprint density at radius 1 is 0.700 bits per heavy atom. The number of anilines is 4. The molecule has 0 aliphatic rings. The number of carbonyl (C=O) groups is 5. The van der Waals surface area contributed by atoms with Gasteiger partial charge in [0.25, 0.3) is 5.91 Å². The van der Waals surface area contributed by atoms with Crippen LogP contribution in [-0.2, 0) is 30.3 Å². The molecule has 0 saturated carbocycles. The van der Waals surface area contributed by atoms with Gasteiger partial charge in [-0.1, -0.05) is 48.5 Å². The van der Waals surface area contributed by atoms with Crippen molar-refractivity contribution in [3.05, 3.63) is 109 Å². The van der Waals surface area contributed by atoms with Crippen molar-refractivity contribution in [3.8, 4) is 11.5 Å². The quantitative estimate of drug-likeness (QED) is 0.188. The summed E-state index contributed by atoms with van der Waals surface area (Å²) in [7, 11) is 6.02. The Morgan fingerprint density at radius 2 is 1.40 bits per heavy atom. The Hall–Kier alpha value is -6.37. The number of rotatable bonds is 14. The second-order valence-electron chi connectivity index (χ2n) is 10.9. The number of benzene rings is 4. The van der Waals surface area contributed by atoms with Crippen molar-refractivity contribution >= 4 is 52.5 Å². The maximum absolute atomic E-state index is 13.6. The van der Waals surface area contributed by atoms with Gasteiger partial charge in [0, 0.05) is 37.2 Å². The zero-order valence-corrected chi connectivity index (χ0v) is 28.3. The number of esters is 1. The first kappa shape index (κ1) is 36.5. The number of amides is 5. The van der Waals surface area contributed by atoms with Gasteiger partial charge in [-0.15, -0.1) is 0 Å².